The van der Waals surface area contributed by atoms with Crippen LogP contribution in [0.3, 0.4) is 0 Å². The highest BCUT2D eigenvalue weighted by Crippen LogP contribution is 2.44. The molecule has 0 saturated heterocycles. The van der Waals surface area contributed by atoms with Crippen LogP contribution < -0.4 is 0 Å². The van der Waals surface area contributed by atoms with E-state index in [-0.39, 0.29) is 0 Å². The predicted molar refractivity (Wildman–Crippen MR) is 88.7 cm³/mol. The highest BCUT2D eigenvalue weighted by atomic mass is 16.5. The lowest BCUT2D eigenvalue weighted by Gasteiger charge is -2.14. The van der Waals surface area contributed by atoms with Crippen molar-refractivity contribution in [1.29, 1.82) is 0 Å². The Bertz CT molecular complexity index is 542. The van der Waals surface area contributed by atoms with E-state index in [9.17, 15) is 0 Å². The van der Waals surface area contributed by atoms with Gasteiger partial charge in [-0.1, -0.05) is 74.7 Å². The first-order valence-corrected chi connectivity index (χ1v) is 8.17. The van der Waals surface area contributed by atoms with Crippen molar-refractivity contribution in [2.24, 2.45) is 0 Å². The molecule has 21 heavy (non-hydrogen) atoms. The van der Waals surface area contributed by atoms with Crippen molar-refractivity contribution in [2.45, 2.75) is 38.5 Å². The van der Waals surface area contributed by atoms with Gasteiger partial charge in [0.05, 0.1) is 6.61 Å². The molecule has 0 saturated carbocycles. The van der Waals surface area contributed by atoms with Gasteiger partial charge in [0.1, 0.15) is 0 Å². The van der Waals surface area contributed by atoms with Crippen molar-refractivity contribution in [3.63, 3.8) is 0 Å². The Morgan fingerprint density at radius 1 is 0.810 bits per heavy atom. The normalized spacial score (nSPS) is 13.2. The second kappa shape index (κ2) is 6.91. The van der Waals surface area contributed by atoms with Crippen LogP contribution in [-0.4, -0.2) is 13.2 Å². The van der Waals surface area contributed by atoms with Gasteiger partial charge in [-0.3, -0.25) is 0 Å². The molecule has 0 radical (unpaired) electrons. The Hall–Kier alpha value is -1.60. The standard InChI is InChI=1S/C20H24O/c1-2-3-4-9-14-21-15-20-18-12-7-5-10-16(18)17-11-6-8-13-19(17)20/h5-8,10-13,20H,2-4,9,14-15H2,1H3. The van der Waals surface area contributed by atoms with Crippen molar-refractivity contribution in [3.8, 4) is 11.1 Å². The van der Waals surface area contributed by atoms with Crippen molar-refractivity contribution < 1.29 is 4.74 Å². The number of benzene rings is 2. The smallest absolute Gasteiger partial charge is 0.0575 e. The van der Waals surface area contributed by atoms with Crippen LogP contribution in [0.15, 0.2) is 48.5 Å². The summed E-state index contributed by atoms with van der Waals surface area (Å²) < 4.78 is 5.98. The lowest BCUT2D eigenvalue weighted by atomic mass is 9.98. The highest BCUT2D eigenvalue weighted by molar-refractivity contribution is 5.78. The van der Waals surface area contributed by atoms with Crippen molar-refractivity contribution >= 4 is 0 Å². The molecule has 0 aromatic heterocycles. The zero-order valence-corrected chi connectivity index (χ0v) is 12.8. The summed E-state index contributed by atoms with van der Waals surface area (Å²) in [4.78, 5) is 0. The highest BCUT2D eigenvalue weighted by Gasteiger charge is 2.27. The number of hydrogen-bond donors (Lipinski definition) is 0. The Labute approximate surface area is 128 Å². The van der Waals surface area contributed by atoms with Gasteiger partial charge in [0.15, 0.2) is 0 Å². The molecule has 0 bridgehead atoms. The molecule has 0 fully saturated rings. The topological polar surface area (TPSA) is 9.23 Å². The first-order chi connectivity index (χ1) is 10.4. The van der Waals surface area contributed by atoms with E-state index in [1.54, 1.807) is 0 Å². The summed E-state index contributed by atoms with van der Waals surface area (Å²) in [6.45, 7) is 3.94. The maximum Gasteiger partial charge on any atom is 0.0575 e. The van der Waals surface area contributed by atoms with E-state index in [4.69, 9.17) is 4.74 Å². The third-order valence-electron chi connectivity index (χ3n) is 4.39. The average molecular weight is 280 g/mol. The minimum Gasteiger partial charge on any atom is -0.380 e. The summed E-state index contributed by atoms with van der Waals surface area (Å²) in [5.74, 6) is 0.406. The molecule has 0 unspecified atom stereocenters. The van der Waals surface area contributed by atoms with E-state index in [2.05, 4.69) is 55.5 Å². The van der Waals surface area contributed by atoms with E-state index in [0.717, 1.165) is 13.2 Å². The van der Waals surface area contributed by atoms with Gasteiger partial charge >= 0.3 is 0 Å². The Kier molecular flexibility index (Phi) is 4.72. The van der Waals surface area contributed by atoms with Gasteiger partial charge in [-0.15, -0.1) is 0 Å². The molecular weight excluding hydrogens is 256 g/mol. The molecule has 2 aromatic carbocycles. The lowest BCUT2D eigenvalue weighted by Crippen LogP contribution is -2.07. The summed E-state index contributed by atoms with van der Waals surface area (Å²) in [6, 6.07) is 17.5. The van der Waals surface area contributed by atoms with Gasteiger partial charge in [0.2, 0.25) is 0 Å². The van der Waals surface area contributed by atoms with Crippen molar-refractivity contribution in [3.05, 3.63) is 59.7 Å². The van der Waals surface area contributed by atoms with Gasteiger partial charge in [0, 0.05) is 12.5 Å². The molecule has 1 aliphatic carbocycles. The number of ether oxygens (including phenoxy) is 1. The fraction of sp³-hybridized carbons (Fsp3) is 0.400. The minimum absolute atomic E-state index is 0.406. The van der Waals surface area contributed by atoms with E-state index in [0.29, 0.717) is 5.92 Å². The molecule has 0 N–H and O–H groups in total. The molecular formula is C20H24O. The molecule has 0 atom stereocenters. The molecule has 2 aromatic rings. The zero-order chi connectivity index (χ0) is 14.5. The summed E-state index contributed by atoms with van der Waals surface area (Å²) in [5, 5.41) is 0. The summed E-state index contributed by atoms with van der Waals surface area (Å²) in [6.07, 6.45) is 5.07. The van der Waals surface area contributed by atoms with Gasteiger partial charge < -0.3 is 4.74 Å². The average Bonchev–Trinajstić information content (AvgIpc) is 2.85. The van der Waals surface area contributed by atoms with Crippen LogP contribution in [0.5, 0.6) is 0 Å². The zero-order valence-electron chi connectivity index (χ0n) is 12.8. The summed E-state index contributed by atoms with van der Waals surface area (Å²) in [5.41, 5.74) is 5.61. The van der Waals surface area contributed by atoms with Crippen molar-refractivity contribution in [2.75, 3.05) is 13.2 Å². The fourth-order valence-electron chi connectivity index (χ4n) is 3.27. The van der Waals surface area contributed by atoms with Gasteiger partial charge in [-0.05, 0) is 28.7 Å². The van der Waals surface area contributed by atoms with Crippen LogP contribution in [0.25, 0.3) is 11.1 Å². The number of fused-ring (bicyclic) bond motifs is 3. The quantitative estimate of drug-likeness (QED) is 0.617. The van der Waals surface area contributed by atoms with Crippen LogP contribution in [0.2, 0.25) is 0 Å². The first kappa shape index (κ1) is 14.3. The minimum atomic E-state index is 0.406. The van der Waals surface area contributed by atoms with Gasteiger partial charge in [0.25, 0.3) is 0 Å². The molecule has 110 valence electrons. The molecule has 0 spiro atoms. The molecule has 0 aliphatic heterocycles. The van der Waals surface area contributed by atoms with Crippen LogP contribution >= 0.6 is 0 Å². The van der Waals surface area contributed by atoms with Crippen LogP contribution in [0.4, 0.5) is 0 Å². The first-order valence-electron chi connectivity index (χ1n) is 8.17. The van der Waals surface area contributed by atoms with E-state index in [1.807, 2.05) is 0 Å². The SMILES string of the molecule is CCCCCCOCC1c2ccccc2-c2ccccc21. The fourth-order valence-corrected chi connectivity index (χ4v) is 3.27. The molecule has 0 amide bonds. The van der Waals surface area contributed by atoms with E-state index in [1.165, 1.54) is 47.9 Å². The lowest BCUT2D eigenvalue weighted by molar-refractivity contribution is 0.124. The van der Waals surface area contributed by atoms with Crippen LogP contribution in [0, 0.1) is 0 Å². The maximum absolute atomic E-state index is 5.98. The second-order valence-corrected chi connectivity index (χ2v) is 5.86. The Morgan fingerprint density at radius 2 is 1.43 bits per heavy atom. The summed E-state index contributed by atoms with van der Waals surface area (Å²) in [7, 11) is 0. The largest absolute Gasteiger partial charge is 0.380 e. The number of hydrogen-bond acceptors (Lipinski definition) is 1. The molecule has 0 heterocycles. The van der Waals surface area contributed by atoms with Gasteiger partial charge in [-0.2, -0.15) is 0 Å². The number of unbranched alkanes of at least 4 members (excludes halogenated alkanes) is 3. The molecule has 3 rings (SSSR count). The molecule has 1 heteroatoms. The third-order valence-corrected chi connectivity index (χ3v) is 4.39. The number of rotatable bonds is 7. The molecule has 1 nitrogen and oxygen atoms in total. The summed E-state index contributed by atoms with van der Waals surface area (Å²) >= 11 is 0. The Balaban J connectivity index is 1.68. The van der Waals surface area contributed by atoms with Crippen LogP contribution in [0.1, 0.15) is 49.7 Å². The van der Waals surface area contributed by atoms with Crippen LogP contribution in [-0.2, 0) is 4.74 Å². The Morgan fingerprint density at radius 3 is 2.05 bits per heavy atom. The third kappa shape index (κ3) is 3.03. The predicted octanol–water partition coefficient (Wildman–Crippen LogP) is 5.40. The maximum atomic E-state index is 5.98. The van der Waals surface area contributed by atoms with Crippen molar-refractivity contribution in [1.82, 2.24) is 0 Å². The van der Waals surface area contributed by atoms with E-state index >= 15 is 0 Å². The van der Waals surface area contributed by atoms with Gasteiger partial charge in [-0.25, -0.2) is 0 Å². The van der Waals surface area contributed by atoms with E-state index < -0.39 is 0 Å². The second-order valence-electron chi connectivity index (χ2n) is 5.86. The monoisotopic (exact) mass is 280 g/mol. The molecule has 1 aliphatic rings.